The van der Waals surface area contributed by atoms with Crippen molar-refractivity contribution >= 4 is 28.4 Å². The highest BCUT2D eigenvalue weighted by Crippen LogP contribution is 2.42. The van der Waals surface area contributed by atoms with E-state index in [4.69, 9.17) is 22.1 Å². The van der Waals surface area contributed by atoms with Crippen LogP contribution in [0.15, 0.2) is 42.5 Å². The Morgan fingerprint density at radius 2 is 1.86 bits per heavy atom. The van der Waals surface area contributed by atoms with Gasteiger partial charge in [-0.1, -0.05) is 23.7 Å². The Kier molecular flexibility index (Phi) is 5.30. The third kappa shape index (κ3) is 3.67. The summed E-state index contributed by atoms with van der Waals surface area (Å²) in [5.74, 6) is -3.46. The number of hydrogen-bond acceptors (Lipinski definition) is 2. The average molecular weight is 411 g/mol. The van der Waals surface area contributed by atoms with Crippen LogP contribution in [0.25, 0.3) is 10.9 Å². The lowest BCUT2D eigenvalue weighted by Crippen LogP contribution is -2.34. The number of amides is 1. The van der Waals surface area contributed by atoms with Gasteiger partial charge in [0.1, 0.15) is 5.75 Å². The second-order valence-corrected chi connectivity index (χ2v) is 6.91. The first-order valence-corrected chi connectivity index (χ1v) is 8.78. The Hall–Kier alpha value is -2.67. The molecule has 1 heterocycles. The van der Waals surface area contributed by atoms with Crippen molar-refractivity contribution in [3.63, 3.8) is 0 Å². The first-order chi connectivity index (χ1) is 13.1. The molecule has 28 heavy (non-hydrogen) atoms. The molecule has 0 radical (unpaired) electrons. The Labute approximate surface area is 164 Å². The molecule has 2 aromatic carbocycles. The molecule has 0 aliphatic carbocycles. The van der Waals surface area contributed by atoms with Gasteiger partial charge in [0.25, 0.3) is 0 Å². The summed E-state index contributed by atoms with van der Waals surface area (Å²) in [7, 11) is 1.42. The Balaban J connectivity index is 2.26. The van der Waals surface area contributed by atoms with Crippen LogP contribution in [0, 0.1) is 6.92 Å². The number of fused-ring (bicyclic) bond motifs is 1. The van der Waals surface area contributed by atoms with Crippen LogP contribution < -0.4 is 10.5 Å². The first-order valence-electron chi connectivity index (χ1n) is 8.40. The molecule has 0 spiro atoms. The monoisotopic (exact) mass is 410 g/mol. The van der Waals surface area contributed by atoms with Gasteiger partial charge in [0.05, 0.1) is 7.11 Å². The van der Waals surface area contributed by atoms with Crippen LogP contribution >= 0.6 is 11.6 Å². The fourth-order valence-electron chi connectivity index (χ4n) is 3.42. The smallest absolute Gasteiger partial charge is 0.404 e. The summed E-state index contributed by atoms with van der Waals surface area (Å²) < 4.78 is 47.9. The summed E-state index contributed by atoms with van der Waals surface area (Å²) in [4.78, 5) is 11.7. The van der Waals surface area contributed by atoms with Crippen LogP contribution in [0.3, 0.4) is 0 Å². The number of nitrogens with two attached hydrogens (primary N) is 1. The zero-order valence-electron chi connectivity index (χ0n) is 15.2. The molecule has 1 unspecified atom stereocenters. The van der Waals surface area contributed by atoms with Crippen LogP contribution in [0.5, 0.6) is 5.75 Å². The molecule has 1 amide bonds. The number of rotatable bonds is 5. The molecule has 1 aromatic heterocycles. The van der Waals surface area contributed by atoms with Crippen molar-refractivity contribution in [1.82, 2.24) is 4.57 Å². The van der Waals surface area contributed by atoms with Crippen LogP contribution in [0.4, 0.5) is 13.2 Å². The SMILES string of the molecule is COc1ccc2c(c1)c(C(C(N)=O)C(F)(F)F)c(C)n2Cc1ccc(Cl)cc1. The van der Waals surface area contributed by atoms with Crippen LogP contribution in [-0.2, 0) is 11.3 Å². The molecular formula is C20H18ClF3N2O2. The minimum atomic E-state index is -4.81. The van der Waals surface area contributed by atoms with Crippen LogP contribution in [0.1, 0.15) is 22.7 Å². The van der Waals surface area contributed by atoms with Crippen molar-refractivity contribution in [2.75, 3.05) is 7.11 Å². The number of aromatic nitrogens is 1. The molecule has 0 saturated heterocycles. The summed E-state index contributed by atoms with van der Waals surface area (Å²) >= 11 is 5.91. The molecule has 0 fully saturated rings. The van der Waals surface area contributed by atoms with Gasteiger partial charge in [-0.3, -0.25) is 4.79 Å². The molecule has 3 rings (SSSR count). The average Bonchev–Trinajstić information content (AvgIpc) is 2.87. The van der Waals surface area contributed by atoms with Gasteiger partial charge in [-0.15, -0.1) is 0 Å². The predicted molar refractivity (Wildman–Crippen MR) is 102 cm³/mol. The van der Waals surface area contributed by atoms with E-state index < -0.39 is 18.0 Å². The number of primary amides is 1. The Morgan fingerprint density at radius 3 is 2.39 bits per heavy atom. The number of nitrogens with zero attached hydrogens (tertiary/aromatic N) is 1. The zero-order chi connectivity index (χ0) is 20.6. The van der Waals surface area contributed by atoms with Crippen molar-refractivity contribution in [1.29, 1.82) is 0 Å². The summed E-state index contributed by atoms with van der Waals surface area (Å²) in [6.07, 6.45) is -4.81. The van der Waals surface area contributed by atoms with E-state index >= 15 is 0 Å². The molecule has 0 aliphatic heterocycles. The van der Waals surface area contributed by atoms with Gasteiger partial charge in [0, 0.05) is 33.7 Å². The quantitative estimate of drug-likeness (QED) is 0.657. The zero-order valence-corrected chi connectivity index (χ0v) is 15.9. The fraction of sp³-hybridized carbons (Fsp3) is 0.250. The van der Waals surface area contributed by atoms with E-state index in [2.05, 4.69) is 0 Å². The second kappa shape index (κ2) is 7.39. The number of halogens is 4. The molecule has 148 valence electrons. The van der Waals surface area contributed by atoms with E-state index in [0.29, 0.717) is 28.5 Å². The summed E-state index contributed by atoms with van der Waals surface area (Å²) in [5, 5.41) is 0.848. The molecule has 0 saturated carbocycles. The van der Waals surface area contributed by atoms with Crippen molar-refractivity contribution in [2.45, 2.75) is 25.6 Å². The number of hydrogen-bond donors (Lipinski definition) is 1. The van der Waals surface area contributed by atoms with Gasteiger partial charge < -0.3 is 15.0 Å². The number of carbonyl (C=O) groups is 1. The van der Waals surface area contributed by atoms with E-state index in [1.54, 1.807) is 47.9 Å². The van der Waals surface area contributed by atoms with Crippen LogP contribution in [-0.4, -0.2) is 23.8 Å². The molecule has 2 N–H and O–H groups in total. The van der Waals surface area contributed by atoms with Crippen molar-refractivity contribution in [3.05, 3.63) is 64.3 Å². The molecule has 8 heteroatoms. The maximum absolute atomic E-state index is 13.7. The maximum atomic E-state index is 13.7. The normalized spacial score (nSPS) is 12.9. The fourth-order valence-corrected chi connectivity index (χ4v) is 3.55. The van der Waals surface area contributed by atoms with Gasteiger partial charge in [-0.05, 0) is 42.8 Å². The van der Waals surface area contributed by atoms with Crippen molar-refractivity contribution in [2.24, 2.45) is 5.73 Å². The molecule has 4 nitrogen and oxygen atoms in total. The highest BCUT2D eigenvalue weighted by Gasteiger charge is 2.47. The Morgan fingerprint density at radius 1 is 1.21 bits per heavy atom. The van der Waals surface area contributed by atoms with E-state index in [9.17, 15) is 18.0 Å². The van der Waals surface area contributed by atoms with Gasteiger partial charge in [-0.25, -0.2) is 0 Å². The molecule has 1 atom stereocenters. The van der Waals surface area contributed by atoms with Gasteiger partial charge in [0.2, 0.25) is 5.91 Å². The molecular weight excluding hydrogens is 393 g/mol. The van der Waals surface area contributed by atoms with Gasteiger partial charge in [0.15, 0.2) is 5.92 Å². The standard InChI is InChI=1S/C20H18ClF3N2O2/c1-11-17(18(19(25)27)20(22,23)24)15-9-14(28-2)7-8-16(15)26(11)10-12-3-5-13(21)6-4-12/h3-9,18H,10H2,1-2H3,(H2,25,27). The summed E-state index contributed by atoms with van der Waals surface area (Å²) in [6.45, 7) is 1.87. The lowest BCUT2D eigenvalue weighted by Gasteiger charge is -2.18. The minimum Gasteiger partial charge on any atom is -0.497 e. The second-order valence-electron chi connectivity index (χ2n) is 6.47. The number of methoxy groups -OCH3 is 1. The lowest BCUT2D eigenvalue weighted by atomic mass is 9.94. The van der Waals surface area contributed by atoms with E-state index in [1.807, 2.05) is 0 Å². The number of ether oxygens (including phenoxy) is 1. The molecule has 0 aliphatic rings. The van der Waals surface area contributed by atoms with Gasteiger partial charge in [-0.2, -0.15) is 13.2 Å². The predicted octanol–water partition coefficient (Wildman–Crippen LogP) is 4.79. The van der Waals surface area contributed by atoms with Crippen molar-refractivity contribution in [3.8, 4) is 5.75 Å². The lowest BCUT2D eigenvalue weighted by molar-refractivity contribution is -0.162. The van der Waals surface area contributed by atoms with Crippen molar-refractivity contribution < 1.29 is 22.7 Å². The molecule has 0 bridgehead atoms. The first kappa shape index (κ1) is 20.1. The maximum Gasteiger partial charge on any atom is 0.404 e. The topological polar surface area (TPSA) is 57.2 Å². The van der Waals surface area contributed by atoms with E-state index in [0.717, 1.165) is 5.56 Å². The minimum absolute atomic E-state index is 0.150. The summed E-state index contributed by atoms with van der Waals surface area (Å²) in [6, 6.07) is 11.9. The third-order valence-corrected chi connectivity index (χ3v) is 4.99. The number of alkyl halides is 3. The van der Waals surface area contributed by atoms with E-state index in [1.165, 1.54) is 13.2 Å². The molecule has 3 aromatic rings. The third-order valence-electron chi connectivity index (χ3n) is 4.73. The number of benzene rings is 2. The summed E-state index contributed by atoms with van der Waals surface area (Å²) in [5.41, 5.74) is 6.73. The van der Waals surface area contributed by atoms with E-state index in [-0.39, 0.29) is 10.9 Å². The largest absolute Gasteiger partial charge is 0.497 e. The van der Waals surface area contributed by atoms with Crippen LogP contribution in [0.2, 0.25) is 5.02 Å². The van der Waals surface area contributed by atoms with Gasteiger partial charge >= 0.3 is 6.18 Å². The highest BCUT2D eigenvalue weighted by molar-refractivity contribution is 6.30. The highest BCUT2D eigenvalue weighted by atomic mass is 35.5. The number of carbonyl (C=O) groups excluding carboxylic acids is 1. The Bertz CT molecular complexity index is 1030.